The van der Waals surface area contributed by atoms with E-state index in [-0.39, 0.29) is 17.8 Å². The number of hydrogen-bond donors (Lipinski definition) is 1. The van der Waals surface area contributed by atoms with E-state index in [1.165, 1.54) is 13.0 Å². The van der Waals surface area contributed by atoms with Gasteiger partial charge in [0, 0.05) is 18.2 Å². The van der Waals surface area contributed by atoms with Gasteiger partial charge in [-0.15, -0.1) is 0 Å². The van der Waals surface area contributed by atoms with Crippen molar-refractivity contribution in [2.24, 2.45) is 0 Å². The third kappa shape index (κ3) is 5.06. The Morgan fingerprint density at radius 1 is 1.22 bits per heavy atom. The number of ether oxygens (including phenoxy) is 2. The molecule has 1 aromatic carbocycles. The first-order valence-corrected chi connectivity index (χ1v) is 8.18. The zero-order valence-electron chi connectivity index (χ0n) is 15.4. The normalized spacial score (nSPS) is 10.3. The topological polar surface area (TPSA) is 113 Å². The maximum Gasteiger partial charge on any atom is 0.286 e. The minimum atomic E-state index is -0.599. The number of nitro groups is 1. The molecule has 144 valence electrons. The van der Waals surface area contributed by atoms with E-state index in [4.69, 9.17) is 9.47 Å². The summed E-state index contributed by atoms with van der Waals surface area (Å²) in [4.78, 5) is 34.4. The van der Waals surface area contributed by atoms with Crippen molar-refractivity contribution in [2.45, 2.75) is 19.9 Å². The number of rotatable bonds is 8. The molecule has 0 aliphatic heterocycles. The lowest BCUT2D eigenvalue weighted by atomic mass is 10.1. The highest BCUT2D eigenvalue weighted by Crippen LogP contribution is 2.27. The van der Waals surface area contributed by atoms with Gasteiger partial charge in [0.25, 0.3) is 11.2 Å². The third-order valence-corrected chi connectivity index (χ3v) is 3.96. The maximum absolute atomic E-state index is 12.1. The molecule has 0 radical (unpaired) electrons. The van der Waals surface area contributed by atoms with Crippen LogP contribution in [0.2, 0.25) is 0 Å². The lowest BCUT2D eigenvalue weighted by molar-refractivity contribution is -0.385. The summed E-state index contributed by atoms with van der Waals surface area (Å²) in [7, 11) is 3.09. The van der Waals surface area contributed by atoms with Crippen LogP contribution in [-0.2, 0) is 17.8 Å². The monoisotopic (exact) mass is 375 g/mol. The number of aromatic nitrogens is 1. The number of hydrogen-bond acceptors (Lipinski definition) is 6. The van der Waals surface area contributed by atoms with Crippen LogP contribution < -0.4 is 20.3 Å². The Labute approximate surface area is 155 Å². The Bertz CT molecular complexity index is 906. The molecule has 1 N–H and O–H groups in total. The van der Waals surface area contributed by atoms with Crippen molar-refractivity contribution >= 4 is 11.6 Å². The number of pyridine rings is 1. The van der Waals surface area contributed by atoms with Gasteiger partial charge in [0.1, 0.15) is 6.54 Å². The van der Waals surface area contributed by atoms with E-state index in [0.29, 0.717) is 24.5 Å². The summed E-state index contributed by atoms with van der Waals surface area (Å²) in [6.45, 7) is 1.53. The van der Waals surface area contributed by atoms with Crippen molar-refractivity contribution in [1.82, 2.24) is 9.88 Å². The highest BCUT2D eigenvalue weighted by atomic mass is 16.6. The van der Waals surface area contributed by atoms with E-state index in [0.717, 1.165) is 16.3 Å². The molecule has 0 aliphatic rings. The average Bonchev–Trinajstić information content (AvgIpc) is 2.64. The number of nitrogens with zero attached hydrogens (tertiary/aromatic N) is 2. The lowest BCUT2D eigenvalue weighted by Gasteiger charge is -2.11. The number of nitrogens with one attached hydrogen (secondary N) is 1. The van der Waals surface area contributed by atoms with Gasteiger partial charge in [0.2, 0.25) is 5.91 Å². The van der Waals surface area contributed by atoms with E-state index in [1.54, 1.807) is 20.3 Å². The molecular weight excluding hydrogens is 354 g/mol. The molecule has 0 bridgehead atoms. The molecule has 0 unspecified atom stereocenters. The average molecular weight is 375 g/mol. The summed E-state index contributed by atoms with van der Waals surface area (Å²) in [5, 5.41) is 13.6. The zero-order valence-corrected chi connectivity index (χ0v) is 15.4. The number of carbonyl (C=O) groups excluding carboxylic acids is 1. The Morgan fingerprint density at radius 2 is 1.93 bits per heavy atom. The maximum atomic E-state index is 12.1. The number of amides is 1. The van der Waals surface area contributed by atoms with E-state index >= 15 is 0 Å². The van der Waals surface area contributed by atoms with Gasteiger partial charge in [-0.3, -0.25) is 24.3 Å². The van der Waals surface area contributed by atoms with E-state index < -0.39 is 16.4 Å². The predicted molar refractivity (Wildman–Crippen MR) is 98.4 cm³/mol. The molecular formula is C18H21N3O6. The summed E-state index contributed by atoms with van der Waals surface area (Å²) in [5.74, 6) is 0.808. The summed E-state index contributed by atoms with van der Waals surface area (Å²) < 4.78 is 11.4. The van der Waals surface area contributed by atoms with Crippen LogP contribution in [-0.4, -0.2) is 36.2 Å². The first-order valence-electron chi connectivity index (χ1n) is 8.18. The molecule has 0 saturated heterocycles. The van der Waals surface area contributed by atoms with Crippen molar-refractivity contribution in [1.29, 1.82) is 0 Å². The smallest absolute Gasteiger partial charge is 0.286 e. The Kier molecular flexibility index (Phi) is 6.53. The first kappa shape index (κ1) is 20.0. The molecule has 2 aromatic rings. The second-order valence-corrected chi connectivity index (χ2v) is 5.86. The second kappa shape index (κ2) is 8.84. The molecule has 1 heterocycles. The standard InChI is InChI=1S/C18H21N3O6/c1-12-8-14(21(24)25)10-20(18(12)23)11-17(22)19-7-6-13-4-5-15(26-2)16(9-13)27-3/h4-5,8-10H,6-7,11H2,1-3H3,(H,19,22). The predicted octanol–water partition coefficient (Wildman–Crippen LogP) is 1.44. The largest absolute Gasteiger partial charge is 0.493 e. The SMILES string of the molecule is COc1ccc(CCNC(=O)Cn2cc([N+](=O)[O-])cc(C)c2=O)cc1OC. The molecule has 1 aromatic heterocycles. The first-order chi connectivity index (χ1) is 12.8. The van der Waals surface area contributed by atoms with Gasteiger partial charge in [-0.1, -0.05) is 6.07 Å². The van der Waals surface area contributed by atoms with Crippen molar-refractivity contribution in [3.63, 3.8) is 0 Å². The quantitative estimate of drug-likeness (QED) is 0.552. The van der Waals surface area contributed by atoms with Gasteiger partial charge in [0.05, 0.1) is 25.3 Å². The fraction of sp³-hybridized carbons (Fsp3) is 0.333. The number of carbonyl (C=O) groups is 1. The molecule has 0 aliphatic carbocycles. The van der Waals surface area contributed by atoms with Crippen LogP contribution in [0.4, 0.5) is 5.69 Å². The van der Waals surface area contributed by atoms with Crippen LogP contribution in [0, 0.1) is 17.0 Å². The van der Waals surface area contributed by atoms with Gasteiger partial charge in [0.15, 0.2) is 11.5 Å². The van der Waals surface area contributed by atoms with Gasteiger partial charge in [-0.25, -0.2) is 0 Å². The number of aryl methyl sites for hydroxylation is 1. The highest BCUT2D eigenvalue weighted by Gasteiger charge is 2.13. The Hall–Kier alpha value is -3.36. The number of methoxy groups -OCH3 is 2. The van der Waals surface area contributed by atoms with Crippen LogP contribution in [0.25, 0.3) is 0 Å². The van der Waals surface area contributed by atoms with Gasteiger partial charge < -0.3 is 14.8 Å². The van der Waals surface area contributed by atoms with Crippen LogP contribution in [0.1, 0.15) is 11.1 Å². The van der Waals surface area contributed by atoms with Gasteiger partial charge in [-0.2, -0.15) is 0 Å². The molecule has 9 heteroatoms. The Morgan fingerprint density at radius 3 is 2.56 bits per heavy atom. The summed E-state index contributed by atoms with van der Waals surface area (Å²) >= 11 is 0. The van der Waals surface area contributed by atoms with E-state index in [1.807, 2.05) is 12.1 Å². The molecule has 1 amide bonds. The Balaban J connectivity index is 1.97. The third-order valence-electron chi connectivity index (χ3n) is 3.96. The molecule has 0 spiro atoms. The summed E-state index contributed by atoms with van der Waals surface area (Å²) in [6, 6.07) is 6.65. The summed E-state index contributed by atoms with van der Waals surface area (Å²) in [6.07, 6.45) is 1.62. The van der Waals surface area contributed by atoms with Crippen molar-refractivity contribution in [3.8, 4) is 11.5 Å². The van der Waals surface area contributed by atoms with Gasteiger partial charge in [-0.05, 0) is 31.0 Å². The molecule has 0 saturated carbocycles. The molecule has 0 atom stereocenters. The van der Waals surface area contributed by atoms with Gasteiger partial charge >= 0.3 is 0 Å². The summed E-state index contributed by atoms with van der Waals surface area (Å²) in [5.41, 5.74) is 0.486. The fourth-order valence-corrected chi connectivity index (χ4v) is 2.58. The molecule has 2 rings (SSSR count). The second-order valence-electron chi connectivity index (χ2n) is 5.86. The van der Waals surface area contributed by atoms with E-state index in [9.17, 15) is 19.7 Å². The minimum absolute atomic E-state index is 0.210. The van der Waals surface area contributed by atoms with Crippen LogP contribution in [0.15, 0.2) is 35.3 Å². The van der Waals surface area contributed by atoms with Crippen molar-refractivity contribution in [3.05, 3.63) is 62.1 Å². The fourth-order valence-electron chi connectivity index (χ4n) is 2.58. The van der Waals surface area contributed by atoms with Crippen molar-refractivity contribution < 1.29 is 19.2 Å². The molecule has 9 nitrogen and oxygen atoms in total. The lowest BCUT2D eigenvalue weighted by Crippen LogP contribution is -2.34. The van der Waals surface area contributed by atoms with Crippen LogP contribution in [0.5, 0.6) is 11.5 Å². The minimum Gasteiger partial charge on any atom is -0.493 e. The molecule has 27 heavy (non-hydrogen) atoms. The number of benzene rings is 1. The van der Waals surface area contributed by atoms with Crippen LogP contribution in [0.3, 0.4) is 0 Å². The highest BCUT2D eigenvalue weighted by molar-refractivity contribution is 5.75. The van der Waals surface area contributed by atoms with Crippen molar-refractivity contribution in [2.75, 3.05) is 20.8 Å². The molecule has 0 fully saturated rings. The van der Waals surface area contributed by atoms with E-state index in [2.05, 4.69) is 5.32 Å². The van der Waals surface area contributed by atoms with Crippen LogP contribution >= 0.6 is 0 Å². The zero-order chi connectivity index (χ0) is 20.0.